The molecule has 0 amide bonds. The fourth-order valence-corrected chi connectivity index (χ4v) is 3.67. The summed E-state index contributed by atoms with van der Waals surface area (Å²) in [6.07, 6.45) is 0. The van der Waals surface area contributed by atoms with E-state index in [2.05, 4.69) is 39.7 Å². The molecule has 0 nitrogen and oxygen atoms in total. The van der Waals surface area contributed by atoms with Crippen molar-refractivity contribution in [1.29, 1.82) is 0 Å². The summed E-state index contributed by atoms with van der Waals surface area (Å²) in [4.78, 5) is 0. The second-order valence-corrected chi connectivity index (χ2v) is 11.1. The third-order valence-corrected chi connectivity index (χ3v) is 6.37. The minimum absolute atomic E-state index is 1.14. The van der Waals surface area contributed by atoms with Crippen LogP contribution in [0, 0.1) is 0 Å². The fraction of sp³-hybridized carbons (Fsp3) is 0.250. The molecule has 0 atom stereocenters. The predicted octanol–water partition coefficient (Wildman–Crippen LogP) is 1.65. The van der Waals surface area contributed by atoms with E-state index in [1.165, 1.54) is 0 Å². The van der Waals surface area contributed by atoms with E-state index in [1.54, 1.807) is 3.32 Å². The zero-order chi connectivity index (χ0) is 6.69. The Kier molecular flexibility index (Phi) is 2.65. The molecule has 9 heavy (non-hydrogen) atoms. The number of rotatable bonds is 1. The van der Waals surface area contributed by atoms with Crippen LogP contribution < -0.4 is 3.32 Å². The van der Waals surface area contributed by atoms with Crippen molar-refractivity contribution in [2.45, 2.75) is 9.36 Å². The summed E-state index contributed by atoms with van der Waals surface area (Å²) in [7, 11) is 0. The van der Waals surface area contributed by atoms with E-state index in [1.807, 2.05) is 0 Å². The van der Waals surface area contributed by atoms with Gasteiger partial charge in [-0.15, -0.1) is 0 Å². The van der Waals surface area contributed by atoms with Gasteiger partial charge in [0.15, 0.2) is 0 Å². The molecule has 0 unspecified atom stereocenters. The Morgan fingerprint density at radius 2 is 1.56 bits per heavy atom. The summed E-state index contributed by atoms with van der Waals surface area (Å²) in [5, 5.41) is 0. The molecule has 0 bridgehead atoms. The van der Waals surface area contributed by atoms with Crippen molar-refractivity contribution in [2.75, 3.05) is 0 Å². The molecule has 1 heteroatoms. The van der Waals surface area contributed by atoms with Crippen molar-refractivity contribution in [2.24, 2.45) is 0 Å². The summed E-state index contributed by atoms with van der Waals surface area (Å²) in [5.74, 6) is 0. The predicted molar refractivity (Wildman–Crippen MR) is 43.6 cm³/mol. The zero-order valence-corrected chi connectivity index (χ0v) is 9.26. The van der Waals surface area contributed by atoms with Gasteiger partial charge in [-0.05, 0) is 0 Å². The van der Waals surface area contributed by atoms with Crippen LogP contribution in [-0.2, 0) is 0 Å². The second-order valence-electron chi connectivity index (χ2n) is 2.57. The van der Waals surface area contributed by atoms with Crippen LogP contribution in [0.5, 0.6) is 0 Å². The van der Waals surface area contributed by atoms with Crippen LogP contribution in [0.1, 0.15) is 0 Å². The van der Waals surface area contributed by atoms with Crippen molar-refractivity contribution < 1.29 is 0 Å². The molecule has 1 rings (SSSR count). The first-order valence-corrected chi connectivity index (χ1v) is 11.6. The molecule has 0 aliphatic carbocycles. The van der Waals surface area contributed by atoms with Gasteiger partial charge in [-0.3, -0.25) is 0 Å². The van der Waals surface area contributed by atoms with Gasteiger partial charge in [0.2, 0.25) is 0 Å². The van der Waals surface area contributed by atoms with Crippen LogP contribution in [-0.4, -0.2) is 21.4 Å². The molecule has 0 aliphatic heterocycles. The van der Waals surface area contributed by atoms with Gasteiger partial charge in [0, 0.05) is 0 Å². The minimum atomic E-state index is -1.14. The summed E-state index contributed by atoms with van der Waals surface area (Å²) in [6.45, 7) is 0. The Bertz CT molecular complexity index is 167. The van der Waals surface area contributed by atoms with E-state index in [-0.39, 0.29) is 0 Å². The van der Waals surface area contributed by atoms with Gasteiger partial charge in [-0.1, -0.05) is 0 Å². The van der Waals surface area contributed by atoms with Crippen LogP contribution in [0.15, 0.2) is 30.3 Å². The van der Waals surface area contributed by atoms with Gasteiger partial charge in [-0.2, -0.15) is 0 Å². The third kappa shape index (κ3) is 2.05. The van der Waals surface area contributed by atoms with Crippen LogP contribution in [0.3, 0.4) is 0 Å². The molecule has 1 aromatic carbocycles. The van der Waals surface area contributed by atoms with Gasteiger partial charge >= 0.3 is 64.5 Å². The molecule has 0 aliphatic rings. The Balaban J connectivity index is 2.85. The molecule has 0 radical (unpaired) electrons. The molecule has 0 heterocycles. The molecular formula is C8H11In. The normalized spacial score (nSPS) is 9.11. The molecule has 1 aromatic rings. The average Bonchev–Trinajstić information content (AvgIpc) is 1.90. The number of hydrogen-bond donors (Lipinski definition) is 0. The number of hydrogen-bond acceptors (Lipinski definition) is 0. The van der Waals surface area contributed by atoms with Crippen molar-refractivity contribution in [3.8, 4) is 0 Å². The van der Waals surface area contributed by atoms with E-state index < -0.39 is 21.4 Å². The van der Waals surface area contributed by atoms with Crippen LogP contribution in [0.25, 0.3) is 0 Å². The van der Waals surface area contributed by atoms with Crippen molar-refractivity contribution in [3.63, 3.8) is 0 Å². The van der Waals surface area contributed by atoms with Crippen molar-refractivity contribution >= 4 is 24.8 Å². The zero-order valence-electron chi connectivity index (χ0n) is 5.96. The molecule has 0 N–H and O–H groups in total. The summed E-state index contributed by atoms with van der Waals surface area (Å²) in [6, 6.07) is 10.8. The third-order valence-electron chi connectivity index (χ3n) is 1.47. The van der Waals surface area contributed by atoms with Gasteiger partial charge < -0.3 is 0 Å². The van der Waals surface area contributed by atoms with Crippen LogP contribution >= 0.6 is 0 Å². The first-order chi connectivity index (χ1) is 4.30. The first-order valence-electron chi connectivity index (χ1n) is 3.35. The van der Waals surface area contributed by atoms with Gasteiger partial charge in [0.1, 0.15) is 0 Å². The summed E-state index contributed by atoms with van der Waals surface area (Å²) < 4.78 is 6.45. The Morgan fingerprint density at radius 1 is 1.00 bits per heavy atom. The molecule has 0 aromatic heterocycles. The van der Waals surface area contributed by atoms with Crippen molar-refractivity contribution in [3.05, 3.63) is 30.3 Å². The second kappa shape index (κ2) is 3.31. The van der Waals surface area contributed by atoms with E-state index in [4.69, 9.17) is 0 Å². The van der Waals surface area contributed by atoms with Gasteiger partial charge in [-0.25, -0.2) is 0 Å². The quantitative estimate of drug-likeness (QED) is 0.677. The van der Waals surface area contributed by atoms with E-state index >= 15 is 0 Å². The fourth-order valence-electron chi connectivity index (χ4n) is 0.838. The van der Waals surface area contributed by atoms with Crippen LogP contribution in [0.4, 0.5) is 0 Å². The van der Waals surface area contributed by atoms with Crippen LogP contribution in [0.2, 0.25) is 9.36 Å². The molecule has 46 valence electrons. The molecule has 0 saturated heterocycles. The molecule has 0 saturated carbocycles. The van der Waals surface area contributed by atoms with Gasteiger partial charge in [0.25, 0.3) is 0 Å². The Morgan fingerprint density at radius 3 is 1.89 bits per heavy atom. The van der Waals surface area contributed by atoms with E-state index in [0.29, 0.717) is 0 Å². The Hall–Kier alpha value is 0.0901. The number of benzene rings is 1. The SMILES string of the molecule is [CH3][In]([CH3])[c]1ccccc1. The summed E-state index contributed by atoms with van der Waals surface area (Å²) >= 11 is -1.14. The van der Waals surface area contributed by atoms with Gasteiger partial charge in [0.05, 0.1) is 0 Å². The Labute approximate surface area is 64.4 Å². The molecule has 0 fully saturated rings. The summed E-state index contributed by atoms with van der Waals surface area (Å²) in [5.41, 5.74) is 0. The van der Waals surface area contributed by atoms with E-state index in [9.17, 15) is 0 Å². The first kappa shape index (κ1) is 7.20. The van der Waals surface area contributed by atoms with Crippen molar-refractivity contribution in [1.82, 2.24) is 0 Å². The maximum atomic E-state index is 2.41. The standard InChI is InChI=1S/C6H5.2CH3.In/c1-2-4-6-5-3-1;;;/h1-5H;2*1H3;. The molecule has 0 spiro atoms. The monoisotopic (exact) mass is 222 g/mol. The maximum absolute atomic E-state index is 2.41. The molecular weight excluding hydrogens is 211 g/mol. The topological polar surface area (TPSA) is 0 Å². The average molecular weight is 222 g/mol. The van der Waals surface area contributed by atoms with E-state index in [0.717, 1.165) is 0 Å².